The van der Waals surface area contributed by atoms with Crippen molar-refractivity contribution in [1.29, 1.82) is 0 Å². The van der Waals surface area contributed by atoms with Crippen LogP contribution in [-0.4, -0.2) is 17.2 Å². The maximum atomic E-state index is 13.1. The zero-order chi connectivity index (χ0) is 11.6. The van der Waals surface area contributed by atoms with Crippen molar-refractivity contribution >= 4 is 11.7 Å². The third kappa shape index (κ3) is 2.55. The summed E-state index contributed by atoms with van der Waals surface area (Å²) in [7, 11) is 0. The number of carbonyl (C=O) groups is 1. The number of benzene rings is 1. The van der Waals surface area contributed by atoms with Crippen molar-refractivity contribution in [1.82, 2.24) is 0 Å². The molecule has 0 spiro atoms. The Kier molecular flexibility index (Phi) is 3.08. The van der Waals surface area contributed by atoms with Gasteiger partial charge < -0.3 is 15.6 Å². The Balaban J connectivity index is 2.95. The van der Waals surface area contributed by atoms with Gasteiger partial charge in [-0.25, -0.2) is 13.6 Å². The molecule has 1 atom stereocenters. The van der Waals surface area contributed by atoms with Crippen LogP contribution in [0.15, 0.2) is 12.1 Å². The molecule has 0 aliphatic heterocycles. The van der Waals surface area contributed by atoms with Crippen LogP contribution in [0.5, 0.6) is 5.75 Å². The van der Waals surface area contributed by atoms with Gasteiger partial charge in [0.25, 0.3) is 0 Å². The minimum atomic E-state index is -1.27. The Morgan fingerprint density at radius 2 is 2.07 bits per heavy atom. The number of hydrogen-bond donors (Lipinski definition) is 2. The Labute approximate surface area is 84.3 Å². The number of ether oxygens (including phenoxy) is 1. The standard InChI is InChI=1S/C9H9F2NO3/c1-4(9(13)14)15-8-3-5(10)7(12)2-6(8)11/h2-4H,12H2,1H3,(H,13,14). The molecule has 15 heavy (non-hydrogen) atoms. The number of nitrogens with two attached hydrogens (primary N) is 1. The molecule has 0 saturated carbocycles. The van der Waals surface area contributed by atoms with Gasteiger partial charge in [-0.2, -0.15) is 0 Å². The van der Waals surface area contributed by atoms with Gasteiger partial charge in [0.15, 0.2) is 17.7 Å². The quantitative estimate of drug-likeness (QED) is 0.750. The highest BCUT2D eigenvalue weighted by molar-refractivity contribution is 5.72. The molecule has 0 saturated heterocycles. The van der Waals surface area contributed by atoms with Crippen LogP contribution in [0.1, 0.15) is 6.92 Å². The first kappa shape index (κ1) is 11.2. The van der Waals surface area contributed by atoms with E-state index in [0.29, 0.717) is 6.07 Å². The summed E-state index contributed by atoms with van der Waals surface area (Å²) in [5.41, 5.74) is 4.73. The van der Waals surface area contributed by atoms with Crippen LogP contribution >= 0.6 is 0 Å². The van der Waals surface area contributed by atoms with Crippen molar-refractivity contribution in [2.45, 2.75) is 13.0 Å². The summed E-state index contributed by atoms with van der Waals surface area (Å²) in [4.78, 5) is 10.4. The van der Waals surface area contributed by atoms with E-state index in [0.717, 1.165) is 6.07 Å². The van der Waals surface area contributed by atoms with Crippen molar-refractivity contribution in [2.24, 2.45) is 0 Å². The lowest BCUT2D eigenvalue weighted by atomic mass is 10.2. The summed E-state index contributed by atoms with van der Waals surface area (Å²) in [6.45, 7) is 1.20. The maximum absolute atomic E-state index is 13.1. The van der Waals surface area contributed by atoms with Crippen LogP contribution in [0.2, 0.25) is 0 Å². The molecule has 1 rings (SSSR count). The van der Waals surface area contributed by atoms with Gasteiger partial charge in [-0.1, -0.05) is 0 Å². The summed E-state index contributed by atoms with van der Waals surface area (Å²) in [5, 5.41) is 8.49. The molecule has 0 fully saturated rings. The van der Waals surface area contributed by atoms with Crippen molar-refractivity contribution in [3.05, 3.63) is 23.8 Å². The second kappa shape index (κ2) is 4.12. The number of halogens is 2. The van der Waals surface area contributed by atoms with Crippen molar-refractivity contribution in [3.63, 3.8) is 0 Å². The SMILES string of the molecule is CC(Oc1cc(F)c(N)cc1F)C(=O)O. The van der Waals surface area contributed by atoms with Crippen LogP contribution < -0.4 is 10.5 Å². The Hall–Kier alpha value is -1.85. The summed E-state index contributed by atoms with van der Waals surface area (Å²) in [6.07, 6.45) is -1.26. The zero-order valence-electron chi connectivity index (χ0n) is 7.83. The molecule has 0 amide bonds. The lowest BCUT2D eigenvalue weighted by Crippen LogP contribution is -2.23. The van der Waals surface area contributed by atoms with Crippen LogP contribution in [0.4, 0.5) is 14.5 Å². The van der Waals surface area contributed by atoms with Crippen LogP contribution in [0, 0.1) is 11.6 Å². The normalized spacial score (nSPS) is 12.2. The largest absolute Gasteiger partial charge is 0.479 e. The Morgan fingerprint density at radius 1 is 1.47 bits per heavy atom. The average molecular weight is 217 g/mol. The van der Waals surface area contributed by atoms with Crippen molar-refractivity contribution in [3.8, 4) is 5.75 Å². The van der Waals surface area contributed by atoms with Gasteiger partial charge in [0, 0.05) is 12.1 Å². The molecule has 0 bridgehead atoms. The molecule has 82 valence electrons. The van der Waals surface area contributed by atoms with E-state index >= 15 is 0 Å². The fourth-order valence-corrected chi connectivity index (χ4v) is 0.875. The molecule has 1 unspecified atom stereocenters. The van der Waals surface area contributed by atoms with E-state index in [2.05, 4.69) is 4.74 Å². The molecule has 0 heterocycles. The maximum Gasteiger partial charge on any atom is 0.344 e. The van der Waals surface area contributed by atoms with Crippen LogP contribution in [-0.2, 0) is 4.79 Å². The van der Waals surface area contributed by atoms with Gasteiger partial charge in [-0.05, 0) is 6.92 Å². The number of carboxylic acids is 1. The Bertz CT molecular complexity index is 395. The highest BCUT2D eigenvalue weighted by Crippen LogP contribution is 2.23. The molecule has 0 aliphatic carbocycles. The predicted molar refractivity (Wildman–Crippen MR) is 48.5 cm³/mol. The van der Waals surface area contributed by atoms with E-state index in [-0.39, 0.29) is 5.69 Å². The molecule has 1 aromatic rings. The van der Waals surface area contributed by atoms with E-state index in [1.807, 2.05) is 0 Å². The molecule has 0 aliphatic rings. The minimum absolute atomic E-state index is 0.358. The van der Waals surface area contributed by atoms with E-state index < -0.39 is 29.5 Å². The minimum Gasteiger partial charge on any atom is -0.479 e. The van der Waals surface area contributed by atoms with E-state index in [1.165, 1.54) is 6.92 Å². The number of anilines is 1. The zero-order valence-corrected chi connectivity index (χ0v) is 7.83. The van der Waals surface area contributed by atoms with Gasteiger partial charge in [-0.3, -0.25) is 0 Å². The number of carboxylic acid groups (broad SMARTS) is 1. The first-order chi connectivity index (χ1) is 6.91. The van der Waals surface area contributed by atoms with E-state index in [1.54, 1.807) is 0 Å². The van der Waals surface area contributed by atoms with Crippen LogP contribution in [0.3, 0.4) is 0 Å². The van der Waals surface area contributed by atoms with Gasteiger partial charge in [-0.15, -0.1) is 0 Å². The van der Waals surface area contributed by atoms with E-state index in [4.69, 9.17) is 10.8 Å². The summed E-state index contributed by atoms with van der Waals surface area (Å²) >= 11 is 0. The highest BCUT2D eigenvalue weighted by atomic mass is 19.1. The first-order valence-corrected chi connectivity index (χ1v) is 4.05. The van der Waals surface area contributed by atoms with Crippen LogP contribution in [0.25, 0.3) is 0 Å². The molecule has 3 N–H and O–H groups in total. The Morgan fingerprint density at radius 3 is 2.60 bits per heavy atom. The summed E-state index contributed by atoms with van der Waals surface area (Å²) in [6, 6.07) is 1.45. The smallest absolute Gasteiger partial charge is 0.344 e. The highest BCUT2D eigenvalue weighted by Gasteiger charge is 2.16. The average Bonchev–Trinajstić information content (AvgIpc) is 2.13. The molecule has 6 heteroatoms. The second-order valence-corrected chi connectivity index (χ2v) is 2.90. The number of nitrogen functional groups attached to an aromatic ring is 1. The molecule has 4 nitrogen and oxygen atoms in total. The van der Waals surface area contributed by atoms with Crippen molar-refractivity contribution < 1.29 is 23.4 Å². The number of rotatable bonds is 3. The predicted octanol–water partition coefficient (Wildman–Crippen LogP) is 1.40. The fourth-order valence-electron chi connectivity index (χ4n) is 0.875. The van der Waals surface area contributed by atoms with E-state index in [9.17, 15) is 13.6 Å². The topological polar surface area (TPSA) is 72.5 Å². The third-order valence-corrected chi connectivity index (χ3v) is 1.70. The lowest BCUT2D eigenvalue weighted by molar-refractivity contribution is -0.144. The number of aliphatic carboxylic acids is 1. The molecular weight excluding hydrogens is 208 g/mol. The van der Waals surface area contributed by atoms with Gasteiger partial charge >= 0.3 is 5.97 Å². The van der Waals surface area contributed by atoms with Gasteiger partial charge in [0.1, 0.15) is 5.82 Å². The lowest BCUT2D eigenvalue weighted by Gasteiger charge is -2.11. The molecule has 0 radical (unpaired) electrons. The number of hydrogen-bond acceptors (Lipinski definition) is 3. The fraction of sp³-hybridized carbons (Fsp3) is 0.222. The van der Waals surface area contributed by atoms with Gasteiger partial charge in [0.05, 0.1) is 5.69 Å². The first-order valence-electron chi connectivity index (χ1n) is 4.05. The van der Waals surface area contributed by atoms with Crippen molar-refractivity contribution in [2.75, 3.05) is 5.73 Å². The molecule has 0 aromatic heterocycles. The van der Waals surface area contributed by atoms with Gasteiger partial charge in [0.2, 0.25) is 0 Å². The molecule has 1 aromatic carbocycles. The second-order valence-electron chi connectivity index (χ2n) is 2.90. The summed E-state index contributed by atoms with van der Waals surface area (Å²) in [5.74, 6) is -3.51. The third-order valence-electron chi connectivity index (χ3n) is 1.70. The monoisotopic (exact) mass is 217 g/mol. The molecular formula is C9H9F2NO3. The summed E-state index contributed by atoms with van der Waals surface area (Å²) < 4.78 is 30.7.